The van der Waals surface area contributed by atoms with Crippen LogP contribution < -0.4 is 10.6 Å². The van der Waals surface area contributed by atoms with Gasteiger partial charge in [-0.1, -0.05) is 50.1 Å². The van der Waals surface area contributed by atoms with Crippen molar-refractivity contribution in [3.63, 3.8) is 0 Å². The summed E-state index contributed by atoms with van der Waals surface area (Å²) in [5.41, 5.74) is 4.10. The topological polar surface area (TPSA) is 67.9 Å². The zero-order chi connectivity index (χ0) is 30.0. The third-order valence-electron chi connectivity index (χ3n) is 10.8. The van der Waals surface area contributed by atoms with Crippen LogP contribution in [0.5, 0.6) is 0 Å². The van der Waals surface area contributed by atoms with E-state index in [9.17, 15) is 9.59 Å². The van der Waals surface area contributed by atoms with Crippen molar-refractivity contribution in [2.45, 2.75) is 76.5 Å². The monoisotopic (exact) mass is 713 g/mol. The minimum Gasteiger partial charge on any atom is -0.321 e. The first-order chi connectivity index (χ1) is 20.9. The average molecular weight is 716 g/mol. The Kier molecular flexibility index (Phi) is 9.94. The van der Waals surface area contributed by atoms with E-state index in [-0.39, 0.29) is 12.1 Å². The van der Waals surface area contributed by atoms with Gasteiger partial charge < -0.3 is 20.3 Å². The lowest BCUT2D eigenvalue weighted by molar-refractivity contribution is -0.137. The smallest absolute Gasteiger partial charge is 0.321 e. The quantitative estimate of drug-likeness (QED) is 0.318. The molecule has 0 radical (unpaired) electrons. The van der Waals surface area contributed by atoms with Gasteiger partial charge in [0.1, 0.15) is 6.29 Å². The van der Waals surface area contributed by atoms with Crippen LogP contribution in [0.3, 0.4) is 0 Å². The molecule has 43 heavy (non-hydrogen) atoms. The summed E-state index contributed by atoms with van der Waals surface area (Å²) in [5, 5.41) is 6.72. The minimum atomic E-state index is -0.424. The van der Waals surface area contributed by atoms with Crippen LogP contribution in [-0.4, -0.2) is 78.0 Å². The Morgan fingerprint density at radius 2 is 1.65 bits per heavy atom. The lowest BCUT2D eigenvalue weighted by atomic mass is 9.77. The molecule has 0 aromatic heterocycles. The Balaban J connectivity index is 1.28. The molecular weight excluding hydrogens is 670 g/mol. The molecule has 4 heterocycles. The number of hydrogen-bond donors (Lipinski definition) is 2. The molecular formula is C34H45Br2N5O2. The zero-order valence-corrected chi connectivity index (χ0v) is 28.5. The number of nitrogens with one attached hydrogen (secondary N) is 2. The van der Waals surface area contributed by atoms with Crippen LogP contribution in [0.25, 0.3) is 0 Å². The maximum atomic E-state index is 13.6. The largest absolute Gasteiger partial charge is 0.322 e. The highest BCUT2D eigenvalue weighted by atomic mass is 79.9. The third-order valence-corrected chi connectivity index (χ3v) is 12.4. The van der Waals surface area contributed by atoms with Crippen LogP contribution in [0.4, 0.5) is 10.5 Å². The Morgan fingerprint density at radius 3 is 2.37 bits per heavy atom. The third kappa shape index (κ3) is 6.62. The molecule has 4 aliphatic rings. The number of halogens is 2. The van der Waals surface area contributed by atoms with E-state index in [1.165, 1.54) is 42.4 Å². The fourth-order valence-electron chi connectivity index (χ4n) is 8.27. The van der Waals surface area contributed by atoms with E-state index in [0.29, 0.717) is 13.0 Å². The number of carbonyl (C=O) groups is 2. The zero-order valence-electron chi connectivity index (χ0n) is 25.3. The van der Waals surface area contributed by atoms with Gasteiger partial charge in [0, 0.05) is 66.2 Å². The molecule has 232 valence electrons. The van der Waals surface area contributed by atoms with E-state index >= 15 is 0 Å². The van der Waals surface area contributed by atoms with Crippen LogP contribution in [0.15, 0.2) is 45.3 Å². The molecule has 0 unspecified atom stereocenters. The summed E-state index contributed by atoms with van der Waals surface area (Å²) in [7, 11) is 0. The highest BCUT2D eigenvalue weighted by Gasteiger charge is 2.49. The number of aldehydes is 1. The fourth-order valence-corrected chi connectivity index (χ4v) is 9.55. The van der Waals surface area contributed by atoms with Gasteiger partial charge in [-0.3, -0.25) is 9.80 Å². The van der Waals surface area contributed by atoms with Crippen molar-refractivity contribution in [2.75, 3.05) is 44.6 Å². The second-order valence-corrected chi connectivity index (χ2v) is 14.8. The molecule has 6 rings (SSSR count). The summed E-state index contributed by atoms with van der Waals surface area (Å²) in [6.45, 7) is 8.70. The molecule has 2 atom stereocenters. The van der Waals surface area contributed by atoms with Gasteiger partial charge >= 0.3 is 6.03 Å². The fraction of sp³-hybridized carbons (Fsp3) is 0.588. The summed E-state index contributed by atoms with van der Waals surface area (Å²) >= 11 is 7.52. The van der Waals surface area contributed by atoms with Crippen molar-refractivity contribution >= 4 is 49.9 Å². The van der Waals surface area contributed by atoms with E-state index in [1.807, 2.05) is 18.2 Å². The normalized spacial score (nSPS) is 26.5. The van der Waals surface area contributed by atoms with Crippen LogP contribution in [0.1, 0.15) is 61.6 Å². The summed E-state index contributed by atoms with van der Waals surface area (Å²) in [6, 6.07) is 12.6. The van der Waals surface area contributed by atoms with Crippen LogP contribution in [-0.2, 0) is 17.8 Å². The van der Waals surface area contributed by atoms with Gasteiger partial charge in [0.05, 0.1) is 5.66 Å². The van der Waals surface area contributed by atoms with Gasteiger partial charge in [-0.15, -0.1) is 0 Å². The number of anilines is 1. The predicted molar refractivity (Wildman–Crippen MR) is 179 cm³/mol. The van der Waals surface area contributed by atoms with Crippen molar-refractivity contribution < 1.29 is 9.59 Å². The predicted octanol–water partition coefficient (Wildman–Crippen LogP) is 6.57. The Hall–Kier alpha value is -1.78. The van der Waals surface area contributed by atoms with Crippen LogP contribution >= 0.6 is 31.9 Å². The molecule has 2 N–H and O–H groups in total. The van der Waals surface area contributed by atoms with Crippen molar-refractivity contribution in [1.82, 2.24) is 20.0 Å². The lowest BCUT2D eigenvalue weighted by Crippen LogP contribution is -2.68. The standard InChI is InChI=1S/C34H45Br2N5O2/c1-24-30(35)20-25(21-31(24)36)23-40-17-11-29(41-18-10-28-4-2-3-5-32(28)38-33(41)43)22-34(40,12-19-42)39-15-8-27(9-16-39)26-6-13-37-14-7-26/h2-5,19-21,26-27,29,37H,6-18,22-23H2,1H3,(H,38,43)/t29-,34+/m1/s1. The molecule has 0 bridgehead atoms. The summed E-state index contributed by atoms with van der Waals surface area (Å²) < 4.78 is 2.19. The van der Waals surface area contributed by atoms with Crippen molar-refractivity contribution in [3.8, 4) is 0 Å². The second kappa shape index (κ2) is 13.7. The van der Waals surface area contributed by atoms with E-state index in [1.54, 1.807) is 0 Å². The molecule has 0 saturated carbocycles. The molecule has 2 aromatic rings. The van der Waals surface area contributed by atoms with Crippen molar-refractivity contribution in [3.05, 3.63) is 62.0 Å². The Labute approximate surface area is 273 Å². The number of hydrogen-bond acceptors (Lipinski definition) is 5. The number of piperidine rings is 3. The summed E-state index contributed by atoms with van der Waals surface area (Å²) in [5.74, 6) is 1.57. The van der Waals surface area contributed by atoms with Crippen molar-refractivity contribution in [2.24, 2.45) is 11.8 Å². The second-order valence-electron chi connectivity index (χ2n) is 13.0. The number of para-hydroxylation sites is 1. The highest BCUT2D eigenvalue weighted by molar-refractivity contribution is 9.11. The maximum absolute atomic E-state index is 13.6. The molecule has 0 aliphatic carbocycles. The SMILES string of the molecule is Cc1c(Br)cc(CN2CC[C@@H](N3CCc4ccccc4NC3=O)C[C@@]2(CC=O)N2CCC(C3CCNCC3)CC2)cc1Br. The number of fused-ring (bicyclic) bond motifs is 1. The Bertz CT molecular complexity index is 1290. The first-order valence-corrected chi connectivity index (χ1v) is 17.7. The molecule has 7 nitrogen and oxygen atoms in total. The maximum Gasteiger partial charge on any atom is 0.322 e. The molecule has 9 heteroatoms. The molecule has 2 amide bonds. The molecule has 0 spiro atoms. The van der Waals surface area contributed by atoms with E-state index in [0.717, 1.165) is 91.3 Å². The summed E-state index contributed by atoms with van der Waals surface area (Å²) in [4.78, 5) is 33.5. The number of likely N-dealkylation sites (tertiary alicyclic amines) is 2. The van der Waals surface area contributed by atoms with E-state index < -0.39 is 5.66 Å². The van der Waals surface area contributed by atoms with Gasteiger partial charge in [-0.05, 0) is 105 Å². The van der Waals surface area contributed by atoms with Gasteiger partial charge in [0.25, 0.3) is 0 Å². The number of benzene rings is 2. The van der Waals surface area contributed by atoms with Crippen LogP contribution in [0.2, 0.25) is 0 Å². The van der Waals surface area contributed by atoms with Gasteiger partial charge in [0.2, 0.25) is 0 Å². The van der Waals surface area contributed by atoms with Gasteiger partial charge in [0.15, 0.2) is 0 Å². The molecule has 3 saturated heterocycles. The van der Waals surface area contributed by atoms with Crippen LogP contribution in [0, 0.1) is 18.8 Å². The van der Waals surface area contributed by atoms with Crippen molar-refractivity contribution in [1.29, 1.82) is 0 Å². The number of rotatable bonds is 7. The number of nitrogens with zero attached hydrogens (tertiary/aromatic N) is 3. The first kappa shape index (κ1) is 31.2. The minimum absolute atomic E-state index is 0.0144. The Morgan fingerprint density at radius 1 is 0.953 bits per heavy atom. The highest BCUT2D eigenvalue weighted by Crippen LogP contribution is 2.42. The molecule has 2 aromatic carbocycles. The number of urea groups is 1. The average Bonchev–Trinajstić information content (AvgIpc) is 3.19. The van der Waals surface area contributed by atoms with E-state index in [2.05, 4.69) is 82.3 Å². The first-order valence-electron chi connectivity index (χ1n) is 16.1. The number of carbonyl (C=O) groups excluding carboxylic acids is 2. The lowest BCUT2D eigenvalue weighted by Gasteiger charge is -2.57. The van der Waals surface area contributed by atoms with E-state index in [4.69, 9.17) is 0 Å². The summed E-state index contributed by atoms with van der Waals surface area (Å²) in [6.07, 6.45) is 9.02. The van der Waals surface area contributed by atoms with Gasteiger partial charge in [-0.2, -0.15) is 0 Å². The molecule has 4 aliphatic heterocycles. The van der Waals surface area contributed by atoms with Gasteiger partial charge in [-0.25, -0.2) is 4.79 Å². The number of amides is 2. The molecule has 3 fully saturated rings.